The van der Waals surface area contributed by atoms with Gasteiger partial charge in [0.2, 0.25) is 5.82 Å². The Hall–Kier alpha value is -3.99. The fraction of sp³-hybridized carbons (Fsp3) is 0.261. The van der Waals surface area contributed by atoms with Crippen LogP contribution < -0.4 is 0 Å². The van der Waals surface area contributed by atoms with Gasteiger partial charge in [-0.2, -0.15) is 15.3 Å². The number of carbonyl (C=O) groups is 1. The number of nitriles is 1. The molecule has 0 spiro atoms. The van der Waals surface area contributed by atoms with E-state index in [1.165, 1.54) is 0 Å². The summed E-state index contributed by atoms with van der Waals surface area (Å²) in [7, 11) is 0. The van der Waals surface area contributed by atoms with Crippen LogP contribution in [0.1, 0.15) is 31.4 Å². The van der Waals surface area contributed by atoms with Crippen molar-refractivity contribution in [2.75, 3.05) is 0 Å². The summed E-state index contributed by atoms with van der Waals surface area (Å²) in [5, 5.41) is 27.6. The van der Waals surface area contributed by atoms with Gasteiger partial charge in [-0.25, -0.2) is 0 Å². The first-order valence-corrected chi connectivity index (χ1v) is 9.99. The van der Waals surface area contributed by atoms with E-state index in [2.05, 4.69) is 35.2 Å². The normalized spacial score (nSPS) is 11.2. The third-order valence-corrected chi connectivity index (χ3v) is 4.97. The highest BCUT2D eigenvalue weighted by Gasteiger charge is 2.15. The SMILES string of the molecule is CC(C)Cc1ccc(-c2nc(-c3ccc4c(cnn4CCC(=O)O)c3)no2)cc1C#N. The summed E-state index contributed by atoms with van der Waals surface area (Å²) >= 11 is 0. The molecule has 1 N–H and O–H groups in total. The number of rotatable bonds is 7. The molecule has 0 aliphatic rings. The average molecular weight is 415 g/mol. The third kappa shape index (κ3) is 4.31. The summed E-state index contributed by atoms with van der Waals surface area (Å²) in [6.07, 6.45) is 2.53. The number of aromatic nitrogens is 4. The maximum Gasteiger partial charge on any atom is 0.305 e. The molecule has 8 heteroatoms. The topological polar surface area (TPSA) is 118 Å². The molecule has 0 saturated heterocycles. The largest absolute Gasteiger partial charge is 0.481 e. The maximum absolute atomic E-state index is 10.8. The van der Waals surface area contributed by atoms with E-state index in [1.807, 2.05) is 30.3 Å². The summed E-state index contributed by atoms with van der Waals surface area (Å²) in [6, 6.07) is 13.5. The van der Waals surface area contributed by atoms with Gasteiger partial charge in [0.05, 0.1) is 36.3 Å². The molecule has 0 fully saturated rings. The zero-order valence-corrected chi connectivity index (χ0v) is 17.2. The van der Waals surface area contributed by atoms with Gasteiger partial charge in [-0.05, 0) is 48.2 Å². The first-order valence-electron chi connectivity index (χ1n) is 9.99. The van der Waals surface area contributed by atoms with Crippen LogP contribution in [0.2, 0.25) is 0 Å². The fourth-order valence-corrected chi connectivity index (χ4v) is 3.50. The quantitative estimate of drug-likeness (QED) is 0.478. The molecule has 0 amide bonds. The Balaban J connectivity index is 1.61. The standard InChI is InChI=1S/C23H21N5O3/c1-14(2)9-15-3-4-17(11-18(15)12-24)23-26-22(27-31-23)16-5-6-20-19(10-16)13-25-28(20)8-7-21(29)30/h3-6,10-11,13-14H,7-9H2,1-2H3,(H,29,30). The van der Waals surface area contributed by atoms with E-state index >= 15 is 0 Å². The van der Waals surface area contributed by atoms with Gasteiger partial charge >= 0.3 is 5.97 Å². The van der Waals surface area contributed by atoms with Crippen molar-refractivity contribution >= 4 is 16.9 Å². The van der Waals surface area contributed by atoms with Crippen molar-refractivity contribution in [3.63, 3.8) is 0 Å². The fourth-order valence-electron chi connectivity index (χ4n) is 3.50. The number of aryl methyl sites for hydroxylation is 1. The van der Waals surface area contributed by atoms with Gasteiger partial charge < -0.3 is 9.63 Å². The molecule has 8 nitrogen and oxygen atoms in total. The van der Waals surface area contributed by atoms with Gasteiger partial charge in [-0.1, -0.05) is 25.1 Å². The highest BCUT2D eigenvalue weighted by molar-refractivity contribution is 5.83. The average Bonchev–Trinajstić information content (AvgIpc) is 3.39. The molecule has 0 radical (unpaired) electrons. The Morgan fingerprint density at radius 2 is 2.03 bits per heavy atom. The number of fused-ring (bicyclic) bond motifs is 1. The minimum atomic E-state index is -0.864. The molecular formula is C23H21N5O3. The van der Waals surface area contributed by atoms with Crippen LogP contribution in [0.3, 0.4) is 0 Å². The van der Waals surface area contributed by atoms with Crippen molar-refractivity contribution in [1.29, 1.82) is 5.26 Å². The Bertz CT molecular complexity index is 1300. The van der Waals surface area contributed by atoms with Crippen LogP contribution in [0, 0.1) is 17.2 Å². The van der Waals surface area contributed by atoms with Crippen molar-refractivity contribution in [3.05, 3.63) is 53.7 Å². The van der Waals surface area contributed by atoms with E-state index < -0.39 is 5.97 Å². The molecule has 4 rings (SSSR count). The summed E-state index contributed by atoms with van der Waals surface area (Å²) in [5.74, 6) is 0.368. The van der Waals surface area contributed by atoms with E-state index in [-0.39, 0.29) is 6.42 Å². The summed E-state index contributed by atoms with van der Waals surface area (Å²) in [4.78, 5) is 15.3. The van der Waals surface area contributed by atoms with Gasteiger partial charge in [0, 0.05) is 16.5 Å². The minimum Gasteiger partial charge on any atom is -0.481 e. The lowest BCUT2D eigenvalue weighted by molar-refractivity contribution is -0.137. The molecule has 0 atom stereocenters. The van der Waals surface area contributed by atoms with Crippen LogP contribution in [0.4, 0.5) is 0 Å². The van der Waals surface area contributed by atoms with Gasteiger partial charge in [0.25, 0.3) is 5.89 Å². The second-order valence-corrected chi connectivity index (χ2v) is 7.79. The molecule has 0 unspecified atom stereocenters. The Morgan fingerprint density at radius 3 is 2.77 bits per heavy atom. The van der Waals surface area contributed by atoms with E-state index in [9.17, 15) is 10.1 Å². The number of hydrogen-bond acceptors (Lipinski definition) is 6. The van der Waals surface area contributed by atoms with Crippen LogP contribution in [0.15, 0.2) is 47.1 Å². The van der Waals surface area contributed by atoms with E-state index in [1.54, 1.807) is 16.9 Å². The molecule has 0 aliphatic carbocycles. The zero-order valence-electron chi connectivity index (χ0n) is 17.2. The van der Waals surface area contributed by atoms with E-state index in [0.717, 1.165) is 28.5 Å². The number of aliphatic carboxylic acids is 1. The first-order chi connectivity index (χ1) is 14.9. The molecule has 4 aromatic rings. The minimum absolute atomic E-state index is 0.00732. The van der Waals surface area contributed by atoms with E-state index in [4.69, 9.17) is 9.63 Å². The first kappa shape index (κ1) is 20.3. The van der Waals surface area contributed by atoms with Gasteiger partial charge in [-0.3, -0.25) is 9.48 Å². The Kier molecular flexibility index (Phi) is 5.50. The van der Waals surface area contributed by atoms with Crippen LogP contribution in [-0.4, -0.2) is 31.0 Å². The van der Waals surface area contributed by atoms with Gasteiger partial charge in [0.1, 0.15) is 0 Å². The van der Waals surface area contributed by atoms with Crippen molar-refractivity contribution in [3.8, 4) is 28.9 Å². The summed E-state index contributed by atoms with van der Waals surface area (Å²) in [5.41, 5.74) is 3.92. The smallest absolute Gasteiger partial charge is 0.305 e. The molecule has 2 heterocycles. The highest BCUT2D eigenvalue weighted by Crippen LogP contribution is 2.27. The van der Waals surface area contributed by atoms with Crippen molar-refractivity contribution in [1.82, 2.24) is 19.9 Å². The maximum atomic E-state index is 10.8. The Morgan fingerprint density at radius 1 is 1.23 bits per heavy atom. The lowest BCUT2D eigenvalue weighted by Gasteiger charge is -2.07. The molecular weight excluding hydrogens is 394 g/mol. The van der Waals surface area contributed by atoms with Crippen molar-refractivity contribution < 1.29 is 14.4 Å². The number of carboxylic acid groups (broad SMARTS) is 1. The second kappa shape index (κ2) is 8.40. The molecule has 156 valence electrons. The second-order valence-electron chi connectivity index (χ2n) is 7.79. The predicted octanol–water partition coefficient (Wildman–Crippen LogP) is 4.30. The number of hydrogen-bond donors (Lipinski definition) is 1. The number of carboxylic acids is 1. The highest BCUT2D eigenvalue weighted by atomic mass is 16.5. The lowest BCUT2D eigenvalue weighted by atomic mass is 9.97. The molecule has 0 bridgehead atoms. The van der Waals surface area contributed by atoms with Crippen molar-refractivity contribution in [2.24, 2.45) is 5.92 Å². The van der Waals surface area contributed by atoms with Gasteiger partial charge in [0.15, 0.2) is 0 Å². The van der Waals surface area contributed by atoms with Crippen LogP contribution in [0.25, 0.3) is 33.7 Å². The third-order valence-electron chi connectivity index (χ3n) is 4.97. The molecule has 0 aliphatic heterocycles. The summed E-state index contributed by atoms with van der Waals surface area (Å²) in [6.45, 7) is 4.54. The number of nitrogens with zero attached hydrogens (tertiary/aromatic N) is 5. The van der Waals surface area contributed by atoms with Gasteiger partial charge in [-0.15, -0.1) is 0 Å². The lowest BCUT2D eigenvalue weighted by Crippen LogP contribution is -2.05. The monoisotopic (exact) mass is 415 g/mol. The molecule has 31 heavy (non-hydrogen) atoms. The predicted molar refractivity (Wildman–Crippen MR) is 114 cm³/mol. The van der Waals surface area contributed by atoms with Crippen LogP contribution in [-0.2, 0) is 17.8 Å². The Labute approximate surface area is 178 Å². The molecule has 0 saturated carbocycles. The zero-order chi connectivity index (χ0) is 22.0. The summed E-state index contributed by atoms with van der Waals surface area (Å²) < 4.78 is 7.11. The van der Waals surface area contributed by atoms with Crippen molar-refractivity contribution in [2.45, 2.75) is 33.2 Å². The van der Waals surface area contributed by atoms with Crippen LogP contribution >= 0.6 is 0 Å². The molecule has 2 aromatic heterocycles. The molecule has 2 aromatic carbocycles. The van der Waals surface area contributed by atoms with Crippen LogP contribution in [0.5, 0.6) is 0 Å². The van der Waals surface area contributed by atoms with E-state index in [0.29, 0.717) is 35.3 Å². The number of benzene rings is 2.